The largest absolute Gasteiger partial charge is 0.354 e. The van der Waals surface area contributed by atoms with Crippen LogP contribution >= 0.6 is 0 Å². The molecule has 3 nitrogen and oxygen atoms in total. The Morgan fingerprint density at radius 3 is 2.58 bits per heavy atom. The third-order valence-electron chi connectivity index (χ3n) is 2.32. The molecule has 1 aliphatic carbocycles. The Labute approximate surface area is 73.7 Å². The van der Waals surface area contributed by atoms with Gasteiger partial charge in [-0.2, -0.15) is 0 Å². The molecule has 0 aliphatic heterocycles. The van der Waals surface area contributed by atoms with E-state index in [0.29, 0.717) is 18.4 Å². The van der Waals surface area contributed by atoms with Gasteiger partial charge in [0.15, 0.2) is 0 Å². The molecule has 1 aliphatic rings. The summed E-state index contributed by atoms with van der Waals surface area (Å²) in [5.74, 6) is 0.917. The molecule has 0 heterocycles. The van der Waals surface area contributed by atoms with E-state index in [-0.39, 0.29) is 11.9 Å². The Kier molecular flexibility index (Phi) is 3.09. The summed E-state index contributed by atoms with van der Waals surface area (Å²) >= 11 is 0. The Morgan fingerprint density at radius 1 is 1.58 bits per heavy atom. The number of nitrogens with one attached hydrogen (secondary N) is 1. The maximum Gasteiger partial charge on any atom is 0.223 e. The van der Waals surface area contributed by atoms with Gasteiger partial charge in [-0.15, -0.1) is 0 Å². The Morgan fingerprint density at radius 2 is 2.17 bits per heavy atom. The number of carbonyl (C=O) groups is 1. The van der Waals surface area contributed by atoms with Crippen molar-refractivity contribution in [3.63, 3.8) is 0 Å². The number of hydrogen-bond donors (Lipinski definition) is 2. The van der Waals surface area contributed by atoms with Crippen LogP contribution in [0.3, 0.4) is 0 Å². The standard InChI is InChI=1S/C9H18N2O/c1-6(2)8(10)5-11-9(12)7-3-4-7/h6-8H,3-5,10H2,1-2H3,(H,11,12). The van der Waals surface area contributed by atoms with Gasteiger partial charge in [-0.25, -0.2) is 0 Å². The minimum Gasteiger partial charge on any atom is -0.354 e. The van der Waals surface area contributed by atoms with Crippen LogP contribution in [-0.2, 0) is 4.79 Å². The molecule has 1 saturated carbocycles. The highest BCUT2D eigenvalue weighted by molar-refractivity contribution is 5.80. The third-order valence-corrected chi connectivity index (χ3v) is 2.32. The summed E-state index contributed by atoms with van der Waals surface area (Å²) in [7, 11) is 0. The summed E-state index contributed by atoms with van der Waals surface area (Å²) in [6, 6.07) is 0.0905. The van der Waals surface area contributed by atoms with Gasteiger partial charge in [-0.1, -0.05) is 13.8 Å². The maximum absolute atomic E-state index is 11.2. The third kappa shape index (κ3) is 2.81. The molecule has 1 rings (SSSR count). The fraction of sp³-hybridized carbons (Fsp3) is 0.889. The van der Waals surface area contributed by atoms with E-state index in [2.05, 4.69) is 19.2 Å². The van der Waals surface area contributed by atoms with Crippen LogP contribution in [-0.4, -0.2) is 18.5 Å². The summed E-state index contributed by atoms with van der Waals surface area (Å²) in [6.07, 6.45) is 2.12. The molecular formula is C9H18N2O. The summed E-state index contributed by atoms with van der Waals surface area (Å²) in [6.45, 7) is 4.74. The van der Waals surface area contributed by atoms with Gasteiger partial charge in [0.05, 0.1) is 0 Å². The molecule has 0 aromatic carbocycles. The molecule has 0 radical (unpaired) electrons. The molecule has 0 aromatic rings. The van der Waals surface area contributed by atoms with Crippen LogP contribution < -0.4 is 11.1 Å². The summed E-state index contributed by atoms with van der Waals surface area (Å²) in [5, 5.41) is 2.86. The summed E-state index contributed by atoms with van der Waals surface area (Å²) in [5.41, 5.74) is 5.77. The van der Waals surface area contributed by atoms with Crippen molar-refractivity contribution in [3.8, 4) is 0 Å². The van der Waals surface area contributed by atoms with Gasteiger partial charge in [0.1, 0.15) is 0 Å². The minimum atomic E-state index is 0.0905. The second-order valence-corrected chi connectivity index (χ2v) is 3.93. The lowest BCUT2D eigenvalue weighted by Gasteiger charge is -2.15. The normalized spacial score (nSPS) is 19.3. The van der Waals surface area contributed by atoms with Gasteiger partial charge in [0, 0.05) is 18.5 Å². The molecule has 70 valence electrons. The van der Waals surface area contributed by atoms with Crippen molar-refractivity contribution in [3.05, 3.63) is 0 Å². The molecule has 0 bridgehead atoms. The number of hydrogen-bond acceptors (Lipinski definition) is 2. The van der Waals surface area contributed by atoms with Crippen molar-refractivity contribution < 1.29 is 4.79 Å². The Hall–Kier alpha value is -0.570. The van der Waals surface area contributed by atoms with E-state index in [1.54, 1.807) is 0 Å². The zero-order chi connectivity index (χ0) is 9.14. The van der Waals surface area contributed by atoms with E-state index in [1.165, 1.54) is 0 Å². The van der Waals surface area contributed by atoms with Crippen LogP contribution in [0.25, 0.3) is 0 Å². The topological polar surface area (TPSA) is 55.1 Å². The first-order valence-electron chi connectivity index (χ1n) is 4.64. The van der Waals surface area contributed by atoms with Crippen LogP contribution in [0.15, 0.2) is 0 Å². The molecule has 3 N–H and O–H groups in total. The monoisotopic (exact) mass is 170 g/mol. The highest BCUT2D eigenvalue weighted by Gasteiger charge is 2.29. The molecule has 0 saturated heterocycles. The van der Waals surface area contributed by atoms with E-state index in [9.17, 15) is 4.79 Å². The summed E-state index contributed by atoms with van der Waals surface area (Å²) in [4.78, 5) is 11.2. The number of amides is 1. The Bertz CT molecular complexity index is 164. The molecule has 3 heteroatoms. The molecule has 1 fully saturated rings. The lowest BCUT2D eigenvalue weighted by Crippen LogP contribution is -2.40. The van der Waals surface area contributed by atoms with Crippen molar-refractivity contribution >= 4 is 5.91 Å². The Balaban J connectivity index is 2.11. The van der Waals surface area contributed by atoms with Gasteiger partial charge in [-0.3, -0.25) is 4.79 Å². The van der Waals surface area contributed by atoms with Gasteiger partial charge >= 0.3 is 0 Å². The average Bonchev–Trinajstić information content (AvgIpc) is 2.81. The van der Waals surface area contributed by atoms with Crippen molar-refractivity contribution in [1.29, 1.82) is 0 Å². The second kappa shape index (κ2) is 3.90. The first kappa shape index (κ1) is 9.52. The number of nitrogens with two attached hydrogens (primary N) is 1. The van der Waals surface area contributed by atoms with Gasteiger partial charge in [0.2, 0.25) is 5.91 Å². The van der Waals surface area contributed by atoms with Crippen molar-refractivity contribution in [1.82, 2.24) is 5.32 Å². The quantitative estimate of drug-likeness (QED) is 0.645. The number of rotatable bonds is 4. The maximum atomic E-state index is 11.2. The lowest BCUT2D eigenvalue weighted by molar-refractivity contribution is -0.122. The van der Waals surface area contributed by atoms with Gasteiger partial charge in [-0.05, 0) is 18.8 Å². The predicted octanol–water partition coefficient (Wildman–Crippen LogP) is 0.496. The zero-order valence-corrected chi connectivity index (χ0v) is 7.84. The van der Waals surface area contributed by atoms with Crippen molar-refractivity contribution in [2.45, 2.75) is 32.7 Å². The first-order chi connectivity index (χ1) is 5.61. The van der Waals surface area contributed by atoms with Crippen molar-refractivity contribution in [2.24, 2.45) is 17.6 Å². The smallest absolute Gasteiger partial charge is 0.223 e. The van der Waals surface area contributed by atoms with Gasteiger partial charge < -0.3 is 11.1 Å². The fourth-order valence-electron chi connectivity index (χ4n) is 0.944. The fourth-order valence-corrected chi connectivity index (χ4v) is 0.944. The van der Waals surface area contributed by atoms with Crippen LogP contribution in [0, 0.1) is 11.8 Å². The summed E-state index contributed by atoms with van der Waals surface area (Å²) < 4.78 is 0. The van der Waals surface area contributed by atoms with E-state index in [4.69, 9.17) is 5.73 Å². The van der Waals surface area contributed by atoms with Crippen LogP contribution in [0.1, 0.15) is 26.7 Å². The zero-order valence-electron chi connectivity index (χ0n) is 7.84. The van der Waals surface area contributed by atoms with Gasteiger partial charge in [0.25, 0.3) is 0 Å². The lowest BCUT2D eigenvalue weighted by atomic mass is 10.1. The molecule has 1 atom stereocenters. The highest BCUT2D eigenvalue weighted by atomic mass is 16.2. The van der Waals surface area contributed by atoms with Crippen LogP contribution in [0.5, 0.6) is 0 Å². The molecule has 1 amide bonds. The van der Waals surface area contributed by atoms with E-state index in [1.807, 2.05) is 0 Å². The average molecular weight is 170 g/mol. The first-order valence-corrected chi connectivity index (χ1v) is 4.64. The molecule has 0 aromatic heterocycles. The SMILES string of the molecule is CC(C)C(N)CNC(=O)C1CC1. The number of carbonyl (C=O) groups excluding carboxylic acids is 1. The van der Waals surface area contributed by atoms with E-state index in [0.717, 1.165) is 12.8 Å². The highest BCUT2D eigenvalue weighted by Crippen LogP contribution is 2.28. The van der Waals surface area contributed by atoms with E-state index >= 15 is 0 Å². The van der Waals surface area contributed by atoms with Crippen LogP contribution in [0.4, 0.5) is 0 Å². The molecule has 12 heavy (non-hydrogen) atoms. The predicted molar refractivity (Wildman–Crippen MR) is 48.5 cm³/mol. The minimum absolute atomic E-state index is 0.0905. The molecule has 0 spiro atoms. The van der Waals surface area contributed by atoms with Crippen molar-refractivity contribution in [2.75, 3.05) is 6.54 Å². The van der Waals surface area contributed by atoms with Crippen LogP contribution in [0.2, 0.25) is 0 Å². The molecule has 1 unspecified atom stereocenters. The molecular weight excluding hydrogens is 152 g/mol. The second-order valence-electron chi connectivity index (χ2n) is 3.93. The van der Waals surface area contributed by atoms with E-state index < -0.39 is 0 Å².